The molecule has 1 heterocycles. The lowest BCUT2D eigenvalue weighted by Gasteiger charge is -2.15. The summed E-state index contributed by atoms with van der Waals surface area (Å²) >= 11 is 7.05. The van der Waals surface area contributed by atoms with E-state index >= 15 is 0 Å². The molecule has 0 amide bonds. The molecule has 0 spiro atoms. The van der Waals surface area contributed by atoms with Gasteiger partial charge in [-0.1, -0.05) is 37.9 Å². The molecule has 1 fully saturated rings. The van der Waals surface area contributed by atoms with Crippen molar-refractivity contribution in [1.29, 1.82) is 0 Å². The average Bonchev–Trinajstić information content (AvgIpc) is 2.79. The van der Waals surface area contributed by atoms with E-state index in [1.165, 1.54) is 42.5 Å². The molecule has 4 heteroatoms. The van der Waals surface area contributed by atoms with Gasteiger partial charge in [0, 0.05) is 28.6 Å². The number of halogens is 2. The summed E-state index contributed by atoms with van der Waals surface area (Å²) in [5.74, 6) is 0. The van der Waals surface area contributed by atoms with E-state index in [1.807, 2.05) is 0 Å². The molecule has 1 N–H and O–H groups in total. The van der Waals surface area contributed by atoms with Gasteiger partial charge in [-0.2, -0.15) is 0 Å². The Bertz CT molecular complexity index is 362. The Morgan fingerprint density at radius 2 is 1.94 bits per heavy atom. The first-order valence-corrected chi connectivity index (χ1v) is 7.71. The van der Waals surface area contributed by atoms with E-state index in [0.717, 1.165) is 17.6 Å². The summed E-state index contributed by atoms with van der Waals surface area (Å²) in [6.45, 7) is 5.74. The Labute approximate surface area is 120 Å². The lowest BCUT2D eigenvalue weighted by Crippen LogP contribution is -2.29. The normalized spacial score (nSPS) is 16.6. The molecule has 0 radical (unpaired) electrons. The van der Waals surface area contributed by atoms with Crippen molar-refractivity contribution < 1.29 is 0 Å². The number of hydrogen-bond acceptors (Lipinski definition) is 2. The number of benzene rings is 1. The van der Waals surface area contributed by atoms with Crippen LogP contribution in [0.1, 0.15) is 18.4 Å². The minimum atomic E-state index is 0.932. The third-order valence-corrected chi connectivity index (χ3v) is 4.37. The van der Waals surface area contributed by atoms with Crippen molar-refractivity contribution in [1.82, 2.24) is 10.2 Å². The SMILES string of the molecule is Brc1ccc(CNCCN2CCCC2)c(Br)c1. The molecule has 0 unspecified atom stereocenters. The van der Waals surface area contributed by atoms with Gasteiger partial charge < -0.3 is 10.2 Å². The van der Waals surface area contributed by atoms with E-state index in [-0.39, 0.29) is 0 Å². The molecular formula is C13H18Br2N2. The fourth-order valence-electron chi connectivity index (χ4n) is 2.13. The van der Waals surface area contributed by atoms with Crippen LogP contribution in [0.25, 0.3) is 0 Å². The number of nitrogens with zero attached hydrogens (tertiary/aromatic N) is 1. The lowest BCUT2D eigenvalue weighted by molar-refractivity contribution is 0.335. The van der Waals surface area contributed by atoms with E-state index in [1.54, 1.807) is 0 Å². The molecule has 2 nitrogen and oxygen atoms in total. The number of rotatable bonds is 5. The van der Waals surface area contributed by atoms with Gasteiger partial charge >= 0.3 is 0 Å². The molecule has 0 saturated carbocycles. The number of hydrogen-bond donors (Lipinski definition) is 1. The summed E-state index contributed by atoms with van der Waals surface area (Å²) in [5, 5.41) is 3.50. The monoisotopic (exact) mass is 360 g/mol. The second-order valence-corrected chi connectivity index (χ2v) is 6.23. The van der Waals surface area contributed by atoms with Gasteiger partial charge in [0.05, 0.1) is 0 Å². The molecule has 94 valence electrons. The van der Waals surface area contributed by atoms with Gasteiger partial charge in [-0.15, -0.1) is 0 Å². The van der Waals surface area contributed by atoms with Crippen LogP contribution in [0.4, 0.5) is 0 Å². The summed E-state index contributed by atoms with van der Waals surface area (Å²) in [6.07, 6.45) is 2.75. The predicted molar refractivity (Wildman–Crippen MR) is 79.2 cm³/mol. The summed E-state index contributed by atoms with van der Waals surface area (Å²) in [5.41, 5.74) is 1.31. The lowest BCUT2D eigenvalue weighted by atomic mass is 10.2. The predicted octanol–water partition coefficient (Wildman–Crippen LogP) is 3.40. The molecule has 0 bridgehead atoms. The molecule has 1 aromatic carbocycles. The molecular weight excluding hydrogens is 344 g/mol. The Hall–Kier alpha value is 0.1000. The van der Waals surface area contributed by atoms with Gasteiger partial charge in [0.15, 0.2) is 0 Å². The van der Waals surface area contributed by atoms with Gasteiger partial charge in [-0.05, 0) is 43.6 Å². The van der Waals surface area contributed by atoms with Crippen molar-refractivity contribution in [3.05, 3.63) is 32.7 Å². The van der Waals surface area contributed by atoms with Crippen LogP contribution in [-0.4, -0.2) is 31.1 Å². The molecule has 0 aliphatic carbocycles. The zero-order chi connectivity index (χ0) is 12.1. The third-order valence-electron chi connectivity index (χ3n) is 3.13. The van der Waals surface area contributed by atoms with Crippen molar-refractivity contribution in [3.8, 4) is 0 Å². The molecule has 1 aliphatic rings. The molecule has 17 heavy (non-hydrogen) atoms. The van der Waals surface area contributed by atoms with E-state index in [2.05, 4.69) is 60.3 Å². The second-order valence-electron chi connectivity index (χ2n) is 4.46. The summed E-state index contributed by atoms with van der Waals surface area (Å²) in [4.78, 5) is 2.53. The first-order chi connectivity index (χ1) is 8.25. The van der Waals surface area contributed by atoms with Crippen molar-refractivity contribution in [2.24, 2.45) is 0 Å². The second kappa shape index (κ2) is 6.88. The summed E-state index contributed by atoms with van der Waals surface area (Å²) in [6, 6.07) is 6.33. The fraction of sp³-hybridized carbons (Fsp3) is 0.538. The van der Waals surface area contributed by atoms with Crippen LogP contribution in [0.5, 0.6) is 0 Å². The highest BCUT2D eigenvalue weighted by atomic mass is 79.9. The maximum Gasteiger partial charge on any atom is 0.0231 e. The zero-order valence-electron chi connectivity index (χ0n) is 9.88. The minimum Gasteiger partial charge on any atom is -0.311 e. The highest BCUT2D eigenvalue weighted by Crippen LogP contribution is 2.21. The van der Waals surface area contributed by atoms with Gasteiger partial charge in [-0.3, -0.25) is 0 Å². The molecule has 2 rings (SSSR count). The smallest absolute Gasteiger partial charge is 0.0231 e. The minimum absolute atomic E-state index is 0.932. The van der Waals surface area contributed by atoms with Gasteiger partial charge in [0.2, 0.25) is 0 Å². The van der Waals surface area contributed by atoms with Crippen LogP contribution in [0.3, 0.4) is 0 Å². The molecule has 1 aliphatic heterocycles. The first kappa shape index (κ1) is 13.5. The van der Waals surface area contributed by atoms with Gasteiger partial charge in [0.25, 0.3) is 0 Å². The number of nitrogens with one attached hydrogen (secondary N) is 1. The van der Waals surface area contributed by atoms with Crippen molar-refractivity contribution >= 4 is 31.9 Å². The maximum atomic E-state index is 3.59. The van der Waals surface area contributed by atoms with Crippen LogP contribution in [-0.2, 0) is 6.54 Å². The van der Waals surface area contributed by atoms with Crippen molar-refractivity contribution in [3.63, 3.8) is 0 Å². The summed E-state index contributed by atoms with van der Waals surface area (Å²) in [7, 11) is 0. The topological polar surface area (TPSA) is 15.3 Å². The number of likely N-dealkylation sites (tertiary alicyclic amines) is 1. The molecule has 1 aromatic rings. The highest BCUT2D eigenvalue weighted by Gasteiger charge is 2.10. The third kappa shape index (κ3) is 4.36. The Morgan fingerprint density at radius 3 is 2.65 bits per heavy atom. The van der Waals surface area contributed by atoms with Crippen molar-refractivity contribution in [2.75, 3.05) is 26.2 Å². The Morgan fingerprint density at radius 1 is 1.18 bits per heavy atom. The maximum absolute atomic E-state index is 3.59. The standard InChI is InChI=1S/C13H18Br2N2/c14-12-4-3-11(13(15)9-12)10-16-5-8-17-6-1-2-7-17/h3-4,9,16H,1-2,5-8,10H2. The molecule has 0 aromatic heterocycles. The Kier molecular flexibility index (Phi) is 5.48. The van der Waals surface area contributed by atoms with E-state index in [0.29, 0.717) is 0 Å². The first-order valence-electron chi connectivity index (χ1n) is 6.13. The fourth-order valence-corrected chi connectivity index (χ4v) is 3.32. The highest BCUT2D eigenvalue weighted by molar-refractivity contribution is 9.11. The van der Waals surface area contributed by atoms with Crippen LogP contribution < -0.4 is 5.32 Å². The van der Waals surface area contributed by atoms with Crippen LogP contribution in [0, 0.1) is 0 Å². The van der Waals surface area contributed by atoms with Crippen LogP contribution >= 0.6 is 31.9 Å². The van der Waals surface area contributed by atoms with E-state index in [4.69, 9.17) is 0 Å². The largest absolute Gasteiger partial charge is 0.311 e. The quantitative estimate of drug-likeness (QED) is 0.808. The Balaban J connectivity index is 1.70. The molecule has 1 saturated heterocycles. The van der Waals surface area contributed by atoms with Crippen molar-refractivity contribution in [2.45, 2.75) is 19.4 Å². The van der Waals surface area contributed by atoms with Crippen LogP contribution in [0.2, 0.25) is 0 Å². The van der Waals surface area contributed by atoms with E-state index < -0.39 is 0 Å². The van der Waals surface area contributed by atoms with Crippen LogP contribution in [0.15, 0.2) is 27.1 Å². The van der Waals surface area contributed by atoms with Gasteiger partial charge in [-0.25, -0.2) is 0 Å². The van der Waals surface area contributed by atoms with Gasteiger partial charge in [0.1, 0.15) is 0 Å². The van der Waals surface area contributed by atoms with E-state index in [9.17, 15) is 0 Å². The summed E-state index contributed by atoms with van der Waals surface area (Å²) < 4.78 is 2.28. The molecule has 0 atom stereocenters. The average molecular weight is 362 g/mol. The zero-order valence-corrected chi connectivity index (χ0v) is 13.1.